The topological polar surface area (TPSA) is 55.6 Å². The van der Waals surface area contributed by atoms with Crippen molar-refractivity contribution in [3.05, 3.63) is 29.8 Å². The first kappa shape index (κ1) is 14.9. The third kappa shape index (κ3) is 2.69. The van der Waals surface area contributed by atoms with Gasteiger partial charge in [-0.3, -0.25) is 4.79 Å². The van der Waals surface area contributed by atoms with Crippen molar-refractivity contribution in [3.8, 4) is 0 Å². The molecule has 0 spiro atoms. The quantitative estimate of drug-likeness (QED) is 0.866. The van der Waals surface area contributed by atoms with Crippen molar-refractivity contribution < 1.29 is 9.53 Å². The number of hydrogen-bond acceptors (Lipinski definition) is 3. The van der Waals surface area contributed by atoms with Gasteiger partial charge in [-0.25, -0.2) is 0 Å². The molecule has 1 fully saturated rings. The van der Waals surface area contributed by atoms with E-state index < -0.39 is 5.41 Å². The van der Waals surface area contributed by atoms with Crippen LogP contribution in [0.3, 0.4) is 0 Å². The molecule has 1 aliphatic heterocycles. The third-order valence-electron chi connectivity index (χ3n) is 3.95. The Morgan fingerprint density at radius 2 is 1.85 bits per heavy atom. The first-order valence-electron chi connectivity index (χ1n) is 6.70. The maximum Gasteiger partial charge on any atom is 0.239 e. The molecule has 1 aliphatic rings. The van der Waals surface area contributed by atoms with Crippen LogP contribution < -0.4 is 10.6 Å². The molecule has 20 heavy (non-hydrogen) atoms. The van der Waals surface area contributed by atoms with Crippen LogP contribution >= 0.6 is 12.2 Å². The fraction of sp³-hybridized carbons (Fsp3) is 0.467. The van der Waals surface area contributed by atoms with Crippen LogP contribution in [0.25, 0.3) is 0 Å². The van der Waals surface area contributed by atoms with Gasteiger partial charge in [-0.05, 0) is 31.9 Å². The zero-order valence-electron chi connectivity index (χ0n) is 11.9. The van der Waals surface area contributed by atoms with Crippen molar-refractivity contribution in [2.24, 2.45) is 11.1 Å². The molecule has 4 nitrogen and oxygen atoms in total. The summed E-state index contributed by atoms with van der Waals surface area (Å²) < 4.78 is 5.34. The lowest BCUT2D eigenvalue weighted by molar-refractivity contribution is -0.128. The number of rotatable bonds is 3. The highest BCUT2D eigenvalue weighted by molar-refractivity contribution is 7.80. The van der Waals surface area contributed by atoms with Gasteiger partial charge in [0.15, 0.2) is 0 Å². The van der Waals surface area contributed by atoms with E-state index in [1.54, 1.807) is 11.9 Å². The summed E-state index contributed by atoms with van der Waals surface area (Å²) in [6.45, 7) is 3.05. The molecular weight excluding hydrogens is 272 g/mol. The Morgan fingerprint density at radius 1 is 1.30 bits per heavy atom. The van der Waals surface area contributed by atoms with Gasteiger partial charge in [0.05, 0.1) is 4.99 Å². The van der Waals surface area contributed by atoms with E-state index in [1.807, 2.05) is 31.2 Å². The lowest BCUT2D eigenvalue weighted by Crippen LogP contribution is -2.52. The summed E-state index contributed by atoms with van der Waals surface area (Å²) >= 11 is 5.17. The SMILES string of the molecule is Cc1ccc(N(C)C(=O)C2(C(N)=S)CCOCC2)cc1. The molecule has 0 saturated carbocycles. The Labute approximate surface area is 124 Å². The number of benzene rings is 1. The van der Waals surface area contributed by atoms with Gasteiger partial charge in [0, 0.05) is 25.9 Å². The van der Waals surface area contributed by atoms with Gasteiger partial charge in [0.1, 0.15) is 5.41 Å². The molecule has 1 aromatic carbocycles. The Bertz CT molecular complexity index is 507. The molecule has 0 radical (unpaired) electrons. The molecule has 1 heterocycles. The number of anilines is 1. The number of amides is 1. The zero-order chi connectivity index (χ0) is 14.8. The van der Waals surface area contributed by atoms with Crippen molar-refractivity contribution in [2.75, 3.05) is 25.2 Å². The lowest BCUT2D eigenvalue weighted by atomic mass is 9.78. The molecule has 2 rings (SSSR count). The average Bonchev–Trinajstić information content (AvgIpc) is 2.47. The van der Waals surface area contributed by atoms with Crippen molar-refractivity contribution in [1.82, 2.24) is 0 Å². The molecule has 108 valence electrons. The number of carbonyl (C=O) groups excluding carboxylic acids is 1. The Hall–Kier alpha value is -1.46. The summed E-state index contributed by atoms with van der Waals surface area (Å²) in [5.41, 5.74) is 7.11. The van der Waals surface area contributed by atoms with E-state index in [4.69, 9.17) is 22.7 Å². The van der Waals surface area contributed by atoms with Gasteiger partial charge >= 0.3 is 0 Å². The molecule has 0 aromatic heterocycles. The van der Waals surface area contributed by atoms with Crippen molar-refractivity contribution in [1.29, 1.82) is 0 Å². The highest BCUT2D eigenvalue weighted by Crippen LogP contribution is 2.34. The first-order chi connectivity index (χ1) is 9.47. The molecular formula is C15H20N2O2S. The standard InChI is InChI=1S/C15H20N2O2S/c1-11-3-5-12(6-4-11)17(2)14(18)15(13(16)20)7-9-19-10-8-15/h3-6H,7-10H2,1-2H3,(H2,16,20). The molecule has 1 amide bonds. The van der Waals surface area contributed by atoms with E-state index in [0.29, 0.717) is 26.1 Å². The fourth-order valence-electron chi connectivity index (χ4n) is 2.49. The van der Waals surface area contributed by atoms with Crippen LogP contribution in [0.4, 0.5) is 5.69 Å². The van der Waals surface area contributed by atoms with Crippen LogP contribution in [-0.4, -0.2) is 31.2 Å². The Balaban J connectivity index is 2.27. The van der Waals surface area contributed by atoms with Gasteiger partial charge in [-0.2, -0.15) is 0 Å². The number of nitrogens with two attached hydrogens (primary N) is 1. The Kier molecular flexibility index (Phi) is 4.40. The van der Waals surface area contributed by atoms with E-state index in [1.165, 1.54) is 0 Å². The van der Waals surface area contributed by atoms with Crippen LogP contribution in [0.5, 0.6) is 0 Å². The number of nitrogens with zero attached hydrogens (tertiary/aromatic N) is 1. The van der Waals surface area contributed by atoms with Crippen molar-refractivity contribution in [3.63, 3.8) is 0 Å². The number of ether oxygens (including phenoxy) is 1. The zero-order valence-corrected chi connectivity index (χ0v) is 12.7. The number of thiocarbonyl (C=S) groups is 1. The van der Waals surface area contributed by atoms with E-state index in [-0.39, 0.29) is 10.9 Å². The summed E-state index contributed by atoms with van der Waals surface area (Å²) in [7, 11) is 1.77. The first-order valence-corrected chi connectivity index (χ1v) is 7.11. The minimum absolute atomic E-state index is 0.0443. The summed E-state index contributed by atoms with van der Waals surface area (Å²) in [4.78, 5) is 14.8. The monoisotopic (exact) mass is 292 g/mol. The highest BCUT2D eigenvalue weighted by Gasteiger charge is 2.44. The summed E-state index contributed by atoms with van der Waals surface area (Å²) in [5.74, 6) is -0.0443. The van der Waals surface area contributed by atoms with Crippen molar-refractivity contribution in [2.45, 2.75) is 19.8 Å². The van der Waals surface area contributed by atoms with Gasteiger partial charge in [0.2, 0.25) is 5.91 Å². The maximum atomic E-state index is 12.8. The van der Waals surface area contributed by atoms with Crippen LogP contribution in [-0.2, 0) is 9.53 Å². The smallest absolute Gasteiger partial charge is 0.239 e. The molecule has 0 atom stereocenters. The minimum atomic E-state index is -0.771. The van der Waals surface area contributed by atoms with Gasteiger partial charge in [0.25, 0.3) is 0 Å². The lowest BCUT2D eigenvalue weighted by Gasteiger charge is -2.37. The minimum Gasteiger partial charge on any atom is -0.392 e. The number of aryl methyl sites for hydroxylation is 1. The van der Waals surface area contributed by atoms with Crippen LogP contribution in [0.15, 0.2) is 24.3 Å². The number of carbonyl (C=O) groups is 1. The average molecular weight is 292 g/mol. The molecule has 1 saturated heterocycles. The maximum absolute atomic E-state index is 12.8. The molecule has 0 bridgehead atoms. The normalized spacial score (nSPS) is 17.5. The molecule has 0 unspecified atom stereocenters. The molecule has 5 heteroatoms. The highest BCUT2D eigenvalue weighted by atomic mass is 32.1. The summed E-state index contributed by atoms with van der Waals surface area (Å²) in [5, 5.41) is 0. The van der Waals surface area contributed by atoms with Crippen molar-refractivity contribution >= 4 is 28.8 Å². The van der Waals surface area contributed by atoms with Crippen LogP contribution in [0.1, 0.15) is 18.4 Å². The second-order valence-corrected chi connectivity index (χ2v) is 5.70. The molecule has 1 aromatic rings. The van der Waals surface area contributed by atoms with E-state index in [0.717, 1.165) is 11.3 Å². The summed E-state index contributed by atoms with van der Waals surface area (Å²) in [6.07, 6.45) is 1.11. The predicted octanol–water partition coefficient (Wildman–Crippen LogP) is 2.04. The van der Waals surface area contributed by atoms with Gasteiger partial charge in [-0.15, -0.1) is 0 Å². The van der Waals surface area contributed by atoms with Crippen LogP contribution in [0, 0.1) is 12.3 Å². The van der Waals surface area contributed by atoms with Crippen LogP contribution in [0.2, 0.25) is 0 Å². The number of hydrogen-bond donors (Lipinski definition) is 1. The molecule has 2 N–H and O–H groups in total. The second kappa shape index (κ2) is 5.89. The third-order valence-corrected chi connectivity index (χ3v) is 4.34. The largest absolute Gasteiger partial charge is 0.392 e. The van der Waals surface area contributed by atoms with Gasteiger partial charge in [-0.1, -0.05) is 29.9 Å². The molecule has 0 aliphatic carbocycles. The van der Waals surface area contributed by atoms with Gasteiger partial charge < -0.3 is 15.4 Å². The summed E-state index contributed by atoms with van der Waals surface area (Å²) in [6, 6.07) is 7.83. The van der Waals surface area contributed by atoms with E-state index in [9.17, 15) is 4.79 Å². The fourth-order valence-corrected chi connectivity index (χ4v) is 2.78. The Morgan fingerprint density at radius 3 is 2.35 bits per heavy atom. The van der Waals surface area contributed by atoms with E-state index in [2.05, 4.69) is 0 Å². The predicted molar refractivity (Wildman–Crippen MR) is 83.9 cm³/mol. The van der Waals surface area contributed by atoms with E-state index >= 15 is 0 Å². The second-order valence-electron chi connectivity index (χ2n) is 5.26.